The van der Waals surface area contributed by atoms with Crippen LogP contribution < -0.4 is 5.56 Å². The molecule has 0 bridgehead atoms. The molecular formula is C9H12BrN3O2. The maximum atomic E-state index is 11.5. The van der Waals surface area contributed by atoms with Crippen molar-refractivity contribution in [1.82, 2.24) is 14.5 Å². The molecule has 0 aliphatic rings. The Hall–Kier alpha value is -1.17. The lowest BCUT2D eigenvalue weighted by atomic mass is 10.5. The summed E-state index contributed by atoms with van der Waals surface area (Å²) in [6.45, 7) is 2.52. The molecule has 0 spiro atoms. The molecular weight excluding hydrogens is 262 g/mol. The molecule has 0 aliphatic carbocycles. The Kier molecular flexibility index (Phi) is 4.02. The van der Waals surface area contributed by atoms with Crippen LogP contribution in [-0.4, -0.2) is 34.0 Å². The molecule has 0 unspecified atom stereocenters. The third-order valence-electron chi connectivity index (χ3n) is 2.06. The number of hydrogen-bond acceptors (Lipinski definition) is 3. The largest absolute Gasteiger partial charge is 0.344 e. The number of aromatic nitrogens is 2. The molecule has 1 amide bonds. The van der Waals surface area contributed by atoms with E-state index in [4.69, 9.17) is 0 Å². The zero-order valence-corrected chi connectivity index (χ0v) is 10.2. The zero-order chi connectivity index (χ0) is 11.4. The maximum absolute atomic E-state index is 11.5. The van der Waals surface area contributed by atoms with Crippen molar-refractivity contribution in [2.24, 2.45) is 0 Å². The molecule has 0 aliphatic heterocycles. The minimum atomic E-state index is -0.247. The van der Waals surface area contributed by atoms with E-state index in [-0.39, 0.29) is 18.0 Å². The number of carbonyl (C=O) groups is 1. The van der Waals surface area contributed by atoms with E-state index >= 15 is 0 Å². The summed E-state index contributed by atoms with van der Waals surface area (Å²) in [6.07, 6.45) is 2.77. The SMILES string of the molecule is CCN(C)C(=O)Cn1cncc(Br)c1=O. The van der Waals surface area contributed by atoms with E-state index in [1.165, 1.54) is 17.1 Å². The number of hydrogen-bond donors (Lipinski definition) is 0. The van der Waals surface area contributed by atoms with Gasteiger partial charge in [-0.1, -0.05) is 0 Å². The Labute approximate surface area is 95.9 Å². The van der Waals surface area contributed by atoms with Gasteiger partial charge in [-0.05, 0) is 22.9 Å². The topological polar surface area (TPSA) is 55.2 Å². The van der Waals surface area contributed by atoms with Gasteiger partial charge < -0.3 is 4.90 Å². The number of likely N-dealkylation sites (N-methyl/N-ethyl adjacent to an activating group) is 1. The number of rotatable bonds is 3. The Morgan fingerprint density at radius 2 is 2.33 bits per heavy atom. The molecule has 5 nitrogen and oxygen atoms in total. The standard InChI is InChI=1S/C9H12BrN3O2/c1-3-12(2)8(14)5-13-6-11-4-7(10)9(13)15/h4,6H,3,5H2,1-2H3. The molecule has 0 aromatic carbocycles. The number of halogens is 1. The van der Waals surface area contributed by atoms with Gasteiger partial charge in [0.05, 0.1) is 6.33 Å². The number of carbonyl (C=O) groups excluding carboxylic acids is 1. The summed E-state index contributed by atoms with van der Waals surface area (Å²) < 4.78 is 1.63. The quantitative estimate of drug-likeness (QED) is 0.805. The van der Waals surface area contributed by atoms with E-state index < -0.39 is 0 Å². The van der Waals surface area contributed by atoms with E-state index in [2.05, 4.69) is 20.9 Å². The normalized spacial score (nSPS) is 10.1. The predicted molar refractivity (Wildman–Crippen MR) is 59.5 cm³/mol. The fraction of sp³-hybridized carbons (Fsp3) is 0.444. The zero-order valence-electron chi connectivity index (χ0n) is 8.61. The summed E-state index contributed by atoms with van der Waals surface area (Å²) in [5.74, 6) is -0.112. The van der Waals surface area contributed by atoms with Crippen LogP contribution in [0.3, 0.4) is 0 Å². The van der Waals surface area contributed by atoms with E-state index in [0.717, 1.165) is 0 Å². The van der Waals surface area contributed by atoms with Crippen LogP contribution in [0, 0.1) is 0 Å². The van der Waals surface area contributed by atoms with Crippen molar-refractivity contribution in [2.45, 2.75) is 13.5 Å². The molecule has 1 heterocycles. The summed E-state index contributed by atoms with van der Waals surface area (Å²) in [7, 11) is 1.69. The molecule has 0 N–H and O–H groups in total. The number of amides is 1. The van der Waals surface area contributed by atoms with Gasteiger partial charge >= 0.3 is 0 Å². The van der Waals surface area contributed by atoms with Crippen LogP contribution in [0.25, 0.3) is 0 Å². The fourth-order valence-electron chi connectivity index (χ4n) is 0.980. The molecule has 15 heavy (non-hydrogen) atoms. The molecule has 0 fully saturated rings. The van der Waals surface area contributed by atoms with E-state index in [9.17, 15) is 9.59 Å². The molecule has 6 heteroatoms. The summed E-state index contributed by atoms with van der Waals surface area (Å²) in [5, 5.41) is 0. The first-order valence-corrected chi connectivity index (χ1v) is 5.29. The second-order valence-electron chi connectivity index (χ2n) is 3.08. The minimum Gasteiger partial charge on any atom is -0.344 e. The lowest BCUT2D eigenvalue weighted by Gasteiger charge is -2.14. The van der Waals surface area contributed by atoms with Crippen LogP contribution in [0.5, 0.6) is 0 Å². The summed E-state index contributed by atoms with van der Waals surface area (Å²) >= 11 is 3.07. The van der Waals surface area contributed by atoms with Gasteiger partial charge in [0.15, 0.2) is 0 Å². The second-order valence-corrected chi connectivity index (χ2v) is 3.94. The lowest BCUT2D eigenvalue weighted by Crippen LogP contribution is -2.33. The van der Waals surface area contributed by atoms with Crippen molar-refractivity contribution in [3.05, 3.63) is 27.4 Å². The molecule has 0 saturated carbocycles. The van der Waals surface area contributed by atoms with Gasteiger partial charge in [0.25, 0.3) is 5.56 Å². The van der Waals surface area contributed by atoms with E-state index in [1.807, 2.05) is 6.92 Å². The first-order chi connectivity index (χ1) is 7.06. The van der Waals surface area contributed by atoms with Crippen molar-refractivity contribution >= 4 is 21.8 Å². The minimum absolute atomic E-state index is 0.0234. The van der Waals surface area contributed by atoms with Crippen molar-refractivity contribution in [1.29, 1.82) is 0 Å². The van der Waals surface area contributed by atoms with Crippen LogP contribution in [-0.2, 0) is 11.3 Å². The van der Waals surface area contributed by atoms with Crippen molar-refractivity contribution in [3.63, 3.8) is 0 Å². The molecule has 0 saturated heterocycles. The van der Waals surface area contributed by atoms with Gasteiger partial charge in [-0.15, -0.1) is 0 Å². The van der Waals surface area contributed by atoms with E-state index in [0.29, 0.717) is 11.0 Å². The fourth-order valence-corrected chi connectivity index (χ4v) is 1.33. The van der Waals surface area contributed by atoms with Gasteiger partial charge in [-0.3, -0.25) is 14.2 Å². The highest BCUT2D eigenvalue weighted by Crippen LogP contribution is 1.98. The van der Waals surface area contributed by atoms with Gasteiger partial charge in [0, 0.05) is 19.8 Å². The Morgan fingerprint density at radius 3 is 2.93 bits per heavy atom. The summed E-state index contributed by atoms with van der Waals surface area (Å²) in [4.78, 5) is 28.4. The van der Waals surface area contributed by atoms with Crippen LogP contribution in [0.1, 0.15) is 6.92 Å². The molecule has 0 atom stereocenters. The highest BCUT2D eigenvalue weighted by atomic mass is 79.9. The number of nitrogens with zero attached hydrogens (tertiary/aromatic N) is 3. The Bertz CT molecular complexity index is 416. The molecule has 1 rings (SSSR count). The van der Waals surface area contributed by atoms with Gasteiger partial charge in [-0.2, -0.15) is 0 Å². The maximum Gasteiger partial charge on any atom is 0.268 e. The third-order valence-corrected chi connectivity index (χ3v) is 2.61. The van der Waals surface area contributed by atoms with Gasteiger partial charge in [-0.25, -0.2) is 4.98 Å². The smallest absolute Gasteiger partial charge is 0.268 e. The highest BCUT2D eigenvalue weighted by Gasteiger charge is 2.09. The second kappa shape index (κ2) is 5.06. The average Bonchev–Trinajstić information content (AvgIpc) is 2.23. The monoisotopic (exact) mass is 273 g/mol. The van der Waals surface area contributed by atoms with Crippen molar-refractivity contribution in [3.8, 4) is 0 Å². The first kappa shape index (κ1) is 11.9. The van der Waals surface area contributed by atoms with Crippen LogP contribution >= 0.6 is 15.9 Å². The van der Waals surface area contributed by atoms with Crippen molar-refractivity contribution in [2.75, 3.05) is 13.6 Å². The molecule has 0 radical (unpaired) electrons. The Balaban J connectivity index is 2.86. The van der Waals surface area contributed by atoms with Gasteiger partial charge in [0.1, 0.15) is 11.0 Å². The molecule has 1 aromatic heterocycles. The Morgan fingerprint density at radius 1 is 1.67 bits per heavy atom. The van der Waals surface area contributed by atoms with Crippen LogP contribution in [0.4, 0.5) is 0 Å². The average molecular weight is 274 g/mol. The molecule has 82 valence electrons. The predicted octanol–water partition coefficient (Wildman–Crippen LogP) is 0.484. The van der Waals surface area contributed by atoms with Gasteiger partial charge in [0.2, 0.25) is 5.91 Å². The highest BCUT2D eigenvalue weighted by molar-refractivity contribution is 9.10. The summed E-state index contributed by atoms with van der Waals surface area (Å²) in [6, 6.07) is 0. The van der Waals surface area contributed by atoms with Crippen molar-refractivity contribution < 1.29 is 4.79 Å². The first-order valence-electron chi connectivity index (χ1n) is 4.50. The summed E-state index contributed by atoms with van der Waals surface area (Å²) in [5.41, 5.74) is -0.247. The molecule has 1 aromatic rings. The van der Waals surface area contributed by atoms with Crippen LogP contribution in [0.2, 0.25) is 0 Å². The third kappa shape index (κ3) is 2.89. The lowest BCUT2D eigenvalue weighted by molar-refractivity contribution is -0.130. The van der Waals surface area contributed by atoms with E-state index in [1.54, 1.807) is 11.9 Å². The van der Waals surface area contributed by atoms with Crippen LogP contribution in [0.15, 0.2) is 21.8 Å².